The van der Waals surface area contributed by atoms with Gasteiger partial charge in [-0.1, -0.05) is 36.4 Å². The second-order valence-corrected chi connectivity index (χ2v) is 2.83. The quantitative estimate of drug-likeness (QED) is 0.449. The number of hydrogen-bond acceptors (Lipinski definition) is 2. The van der Waals surface area contributed by atoms with E-state index >= 15 is 0 Å². The van der Waals surface area contributed by atoms with E-state index in [0.29, 0.717) is 0 Å². The lowest BCUT2D eigenvalue weighted by molar-refractivity contribution is 0.482. The average Bonchev–Trinajstić information content (AvgIpc) is 2.33. The minimum Gasteiger partial charge on any atom is -0.457 e. The summed E-state index contributed by atoms with van der Waals surface area (Å²) in [6, 6.07) is 19.5. The fraction of sp³-hybridized carbons (Fsp3) is 0. The topological polar surface area (TPSA) is 69.5 Å². The molecule has 0 saturated carbocycles. The summed E-state index contributed by atoms with van der Waals surface area (Å²) < 4.78 is 5.58. The Labute approximate surface area is 93.5 Å². The van der Waals surface area contributed by atoms with E-state index < -0.39 is 0 Å². The van der Waals surface area contributed by atoms with Gasteiger partial charge in [0.05, 0.1) is 0 Å². The normalized spacial score (nSPS) is 8.25. The van der Waals surface area contributed by atoms with Crippen LogP contribution < -0.4 is 4.74 Å². The SMILES string of the molecule is [N-]=[N+]=N.c1ccc(Oc2ccccc2)cc1. The first-order chi connectivity index (χ1) is 7.86. The van der Waals surface area contributed by atoms with E-state index in [0.717, 1.165) is 11.5 Å². The van der Waals surface area contributed by atoms with Crippen LogP contribution in [0.3, 0.4) is 0 Å². The molecule has 0 amide bonds. The molecule has 2 aromatic carbocycles. The lowest BCUT2D eigenvalue weighted by Gasteiger charge is -2.03. The van der Waals surface area contributed by atoms with Crippen molar-refractivity contribution in [2.75, 3.05) is 0 Å². The first-order valence-corrected chi connectivity index (χ1v) is 4.65. The van der Waals surface area contributed by atoms with E-state index in [1.165, 1.54) is 0 Å². The standard InChI is InChI=1S/C12H10O.HN3/c1-3-7-11(8-4-1)13-12-9-5-2-6-10-12;1-3-2/h1-10H;1H. The van der Waals surface area contributed by atoms with Gasteiger partial charge in [-0.15, -0.1) is 5.53 Å². The van der Waals surface area contributed by atoms with Crippen LogP contribution in [-0.4, -0.2) is 0 Å². The summed E-state index contributed by atoms with van der Waals surface area (Å²) in [5.74, 6) is 1.74. The Kier molecular flexibility index (Phi) is 5.03. The molecule has 4 heteroatoms. The zero-order valence-electron chi connectivity index (χ0n) is 8.58. The van der Waals surface area contributed by atoms with Crippen LogP contribution in [0.25, 0.3) is 10.4 Å². The van der Waals surface area contributed by atoms with Crippen LogP contribution in [0.2, 0.25) is 0 Å². The number of hydrogen-bond donors (Lipinski definition) is 1. The van der Waals surface area contributed by atoms with Crippen LogP contribution in [0.1, 0.15) is 0 Å². The van der Waals surface area contributed by atoms with Gasteiger partial charge in [0.1, 0.15) is 11.5 Å². The Balaban J connectivity index is 0.000000386. The maximum absolute atomic E-state index is 6.86. The number of benzene rings is 2. The third kappa shape index (κ3) is 4.17. The smallest absolute Gasteiger partial charge is 0.127 e. The molecule has 0 atom stereocenters. The molecule has 0 radical (unpaired) electrons. The molecular formula is C12H11N3O. The summed E-state index contributed by atoms with van der Waals surface area (Å²) >= 11 is 0. The molecule has 0 heterocycles. The second kappa shape index (κ2) is 6.92. The highest BCUT2D eigenvalue weighted by Gasteiger charge is 1.92. The Bertz CT molecular complexity index is 399. The fourth-order valence-electron chi connectivity index (χ4n) is 1.11. The zero-order valence-corrected chi connectivity index (χ0v) is 8.58. The van der Waals surface area contributed by atoms with Crippen LogP contribution in [0.15, 0.2) is 60.7 Å². The molecule has 0 aliphatic carbocycles. The van der Waals surface area contributed by atoms with E-state index in [1.54, 1.807) is 4.91 Å². The van der Waals surface area contributed by atoms with Crippen LogP contribution in [0.5, 0.6) is 11.5 Å². The number of rotatable bonds is 2. The lowest BCUT2D eigenvalue weighted by atomic mass is 10.3. The van der Waals surface area contributed by atoms with Crippen molar-refractivity contribution in [2.45, 2.75) is 0 Å². The fourth-order valence-corrected chi connectivity index (χ4v) is 1.11. The van der Waals surface area contributed by atoms with Crippen molar-refractivity contribution in [2.24, 2.45) is 0 Å². The molecular weight excluding hydrogens is 202 g/mol. The van der Waals surface area contributed by atoms with E-state index in [1.807, 2.05) is 60.7 Å². The Morgan fingerprint density at radius 1 is 0.812 bits per heavy atom. The Morgan fingerprint density at radius 3 is 1.44 bits per heavy atom. The summed E-state index contributed by atoms with van der Waals surface area (Å²) in [4.78, 5) is 1.75. The van der Waals surface area contributed by atoms with Gasteiger partial charge in [0.15, 0.2) is 0 Å². The highest BCUT2D eigenvalue weighted by Crippen LogP contribution is 2.19. The molecule has 0 aliphatic heterocycles. The summed E-state index contributed by atoms with van der Waals surface area (Å²) in [5, 5.41) is 0. The maximum atomic E-state index is 6.86. The summed E-state index contributed by atoms with van der Waals surface area (Å²) in [6.45, 7) is 0. The monoisotopic (exact) mass is 213 g/mol. The second-order valence-electron chi connectivity index (χ2n) is 2.83. The Morgan fingerprint density at radius 2 is 1.12 bits per heavy atom. The van der Waals surface area contributed by atoms with Crippen LogP contribution in [0, 0.1) is 5.53 Å². The third-order valence-corrected chi connectivity index (χ3v) is 1.72. The molecule has 0 aromatic heterocycles. The van der Waals surface area contributed by atoms with Crippen molar-refractivity contribution in [3.63, 3.8) is 0 Å². The first kappa shape index (κ1) is 11.6. The van der Waals surface area contributed by atoms with Crippen molar-refractivity contribution in [1.29, 1.82) is 5.53 Å². The highest BCUT2D eigenvalue weighted by atomic mass is 16.5. The summed E-state index contributed by atoms with van der Waals surface area (Å²) in [7, 11) is 0. The predicted molar refractivity (Wildman–Crippen MR) is 62.4 cm³/mol. The van der Waals surface area contributed by atoms with E-state index in [2.05, 4.69) is 0 Å². The van der Waals surface area contributed by atoms with Crippen molar-refractivity contribution >= 4 is 0 Å². The van der Waals surface area contributed by atoms with Crippen molar-refractivity contribution in [3.05, 3.63) is 71.1 Å². The molecule has 0 fully saturated rings. The van der Waals surface area contributed by atoms with Gasteiger partial charge in [-0.25, -0.2) is 0 Å². The minimum atomic E-state index is 0.869. The molecule has 0 aliphatic rings. The van der Waals surface area contributed by atoms with Gasteiger partial charge >= 0.3 is 0 Å². The summed E-state index contributed by atoms with van der Waals surface area (Å²) in [5.41, 5.74) is 12.2. The predicted octanol–water partition coefficient (Wildman–Crippen LogP) is 4.35. The maximum Gasteiger partial charge on any atom is 0.127 e. The lowest BCUT2D eigenvalue weighted by Crippen LogP contribution is -1.81. The van der Waals surface area contributed by atoms with Crippen LogP contribution in [0.4, 0.5) is 0 Å². The first-order valence-electron chi connectivity index (χ1n) is 4.65. The molecule has 2 rings (SSSR count). The molecule has 0 bridgehead atoms. The van der Waals surface area contributed by atoms with E-state index in [4.69, 9.17) is 15.8 Å². The Hall–Kier alpha value is -2.45. The van der Waals surface area contributed by atoms with Gasteiger partial charge in [-0.3, -0.25) is 0 Å². The van der Waals surface area contributed by atoms with Gasteiger partial charge in [0.25, 0.3) is 0 Å². The van der Waals surface area contributed by atoms with Gasteiger partial charge in [-0.2, -0.15) is 0 Å². The zero-order chi connectivity index (χ0) is 11.6. The minimum absolute atomic E-state index is 0.869. The number of nitrogens with one attached hydrogen (secondary N) is 1. The van der Waals surface area contributed by atoms with Crippen molar-refractivity contribution in [3.8, 4) is 11.5 Å². The highest BCUT2D eigenvalue weighted by molar-refractivity contribution is 5.30. The van der Waals surface area contributed by atoms with Gasteiger partial charge < -0.3 is 4.74 Å². The van der Waals surface area contributed by atoms with Crippen LogP contribution >= 0.6 is 0 Å². The molecule has 0 unspecified atom stereocenters. The molecule has 2 aromatic rings. The van der Waals surface area contributed by atoms with E-state index in [9.17, 15) is 0 Å². The summed E-state index contributed by atoms with van der Waals surface area (Å²) in [6.07, 6.45) is 0. The van der Waals surface area contributed by atoms with Gasteiger partial charge in [0.2, 0.25) is 0 Å². The largest absolute Gasteiger partial charge is 0.457 e. The molecule has 1 N–H and O–H groups in total. The third-order valence-electron chi connectivity index (χ3n) is 1.72. The van der Waals surface area contributed by atoms with Crippen molar-refractivity contribution < 1.29 is 4.74 Å². The number of para-hydroxylation sites is 2. The van der Waals surface area contributed by atoms with Crippen LogP contribution in [-0.2, 0) is 0 Å². The van der Waals surface area contributed by atoms with Crippen molar-refractivity contribution in [1.82, 2.24) is 0 Å². The van der Waals surface area contributed by atoms with E-state index in [-0.39, 0.29) is 0 Å². The number of ether oxygens (including phenoxy) is 1. The molecule has 0 spiro atoms. The number of nitrogens with zero attached hydrogens (tertiary/aromatic N) is 2. The molecule has 4 nitrogen and oxygen atoms in total. The molecule has 0 saturated heterocycles. The average molecular weight is 213 g/mol. The molecule has 16 heavy (non-hydrogen) atoms. The van der Waals surface area contributed by atoms with Gasteiger partial charge in [0, 0.05) is 0 Å². The van der Waals surface area contributed by atoms with Gasteiger partial charge in [-0.05, 0) is 34.7 Å². The molecule has 80 valence electrons.